The van der Waals surface area contributed by atoms with Gasteiger partial charge in [-0.25, -0.2) is 0 Å². The summed E-state index contributed by atoms with van der Waals surface area (Å²) >= 11 is 0. The Kier molecular flexibility index (Phi) is 5.75. The molecule has 1 aliphatic rings. The van der Waals surface area contributed by atoms with Crippen molar-refractivity contribution in [3.8, 4) is 0 Å². The highest BCUT2D eigenvalue weighted by molar-refractivity contribution is 5.79. The molecular weight excluding hydrogens is 243 g/mol. The minimum Gasteiger partial charge on any atom is -0.356 e. The highest BCUT2D eigenvalue weighted by Gasteiger charge is 2.26. The molecule has 1 aliphatic carbocycles. The Morgan fingerprint density at radius 2 is 2.06 bits per heavy atom. The highest BCUT2D eigenvalue weighted by Crippen LogP contribution is 2.23. The molecule has 3 nitrogen and oxygen atoms in total. The molecule has 106 valence electrons. The number of aliphatic imine (C=N–C) groups is 1. The molecule has 0 amide bonds. The number of guanidine groups is 1. The van der Waals surface area contributed by atoms with E-state index in [-0.39, 0.29) is 6.54 Å². The summed E-state index contributed by atoms with van der Waals surface area (Å²) in [5.74, 6) is 1.14. The van der Waals surface area contributed by atoms with Crippen molar-refractivity contribution in [2.75, 3.05) is 13.6 Å². The van der Waals surface area contributed by atoms with Gasteiger partial charge in [0.05, 0.1) is 6.42 Å². The van der Waals surface area contributed by atoms with Crippen molar-refractivity contribution < 1.29 is 13.2 Å². The Hall–Kier alpha value is -0.940. The van der Waals surface area contributed by atoms with Crippen LogP contribution >= 0.6 is 0 Å². The van der Waals surface area contributed by atoms with E-state index in [1.165, 1.54) is 12.8 Å². The van der Waals surface area contributed by atoms with Gasteiger partial charge < -0.3 is 10.6 Å². The summed E-state index contributed by atoms with van der Waals surface area (Å²) in [6.45, 7) is 2.07. The van der Waals surface area contributed by atoms with Gasteiger partial charge in [0, 0.05) is 19.6 Å². The second-order valence-electron chi connectivity index (χ2n) is 4.98. The van der Waals surface area contributed by atoms with Gasteiger partial charge in [0.2, 0.25) is 0 Å². The maximum atomic E-state index is 12.0. The summed E-state index contributed by atoms with van der Waals surface area (Å²) in [7, 11) is 1.58. The van der Waals surface area contributed by atoms with E-state index < -0.39 is 12.6 Å². The minimum absolute atomic E-state index is 0.133. The molecule has 0 aromatic heterocycles. The first kappa shape index (κ1) is 15.1. The van der Waals surface area contributed by atoms with E-state index in [2.05, 4.69) is 22.5 Å². The second-order valence-corrected chi connectivity index (χ2v) is 4.98. The van der Waals surface area contributed by atoms with Crippen molar-refractivity contribution in [1.82, 2.24) is 10.6 Å². The summed E-state index contributed by atoms with van der Waals surface area (Å²) in [6.07, 6.45) is -0.444. The van der Waals surface area contributed by atoms with E-state index in [0.717, 1.165) is 12.8 Å². The van der Waals surface area contributed by atoms with Crippen LogP contribution in [0.2, 0.25) is 0 Å². The maximum Gasteiger partial charge on any atom is 0.390 e. The molecule has 0 aromatic carbocycles. The van der Waals surface area contributed by atoms with E-state index in [4.69, 9.17) is 0 Å². The molecule has 0 spiro atoms. The van der Waals surface area contributed by atoms with Crippen LogP contribution in [0.25, 0.3) is 0 Å². The molecule has 18 heavy (non-hydrogen) atoms. The molecule has 1 saturated carbocycles. The lowest BCUT2D eigenvalue weighted by Crippen LogP contribution is -2.45. The van der Waals surface area contributed by atoms with Gasteiger partial charge >= 0.3 is 6.18 Å². The zero-order valence-electron chi connectivity index (χ0n) is 11.0. The Labute approximate surface area is 106 Å². The number of hydrogen-bond acceptors (Lipinski definition) is 1. The lowest BCUT2D eigenvalue weighted by Gasteiger charge is -2.28. The van der Waals surface area contributed by atoms with Gasteiger partial charge in [0.25, 0.3) is 0 Å². The summed E-state index contributed by atoms with van der Waals surface area (Å²) in [5, 5.41) is 5.90. The van der Waals surface area contributed by atoms with Gasteiger partial charge in [-0.15, -0.1) is 0 Å². The van der Waals surface area contributed by atoms with Gasteiger partial charge in [-0.3, -0.25) is 4.99 Å². The summed E-state index contributed by atoms with van der Waals surface area (Å²) in [5.41, 5.74) is 0. The Morgan fingerprint density at radius 1 is 1.33 bits per heavy atom. The first-order valence-corrected chi connectivity index (χ1v) is 6.44. The van der Waals surface area contributed by atoms with Crippen molar-refractivity contribution in [2.24, 2.45) is 10.9 Å². The Balaban J connectivity index is 2.29. The number of nitrogens with zero attached hydrogens (tertiary/aromatic N) is 1. The van der Waals surface area contributed by atoms with E-state index in [1.54, 1.807) is 7.05 Å². The largest absolute Gasteiger partial charge is 0.390 e. The Morgan fingerprint density at radius 3 is 2.61 bits per heavy atom. The quantitative estimate of drug-likeness (QED) is 0.608. The van der Waals surface area contributed by atoms with Crippen LogP contribution in [0, 0.1) is 5.92 Å². The van der Waals surface area contributed by atoms with Crippen molar-refractivity contribution in [1.29, 1.82) is 0 Å². The van der Waals surface area contributed by atoms with Crippen molar-refractivity contribution >= 4 is 5.96 Å². The zero-order chi connectivity index (χ0) is 13.6. The molecule has 0 bridgehead atoms. The van der Waals surface area contributed by atoms with Crippen LogP contribution in [-0.4, -0.2) is 31.8 Å². The molecule has 0 saturated heterocycles. The number of halogens is 3. The second kappa shape index (κ2) is 6.85. The third-order valence-corrected chi connectivity index (χ3v) is 3.20. The van der Waals surface area contributed by atoms with Crippen LogP contribution in [-0.2, 0) is 0 Å². The zero-order valence-corrected chi connectivity index (χ0v) is 11.0. The lowest BCUT2D eigenvalue weighted by molar-refractivity contribution is -0.132. The fraction of sp³-hybridized carbons (Fsp3) is 0.917. The average molecular weight is 265 g/mol. The van der Waals surface area contributed by atoms with Gasteiger partial charge in [-0.2, -0.15) is 13.2 Å². The fourth-order valence-electron chi connectivity index (χ4n) is 2.28. The third-order valence-electron chi connectivity index (χ3n) is 3.20. The predicted octanol–water partition coefficient (Wildman–Crippen LogP) is 2.68. The fourth-order valence-corrected chi connectivity index (χ4v) is 2.28. The van der Waals surface area contributed by atoms with Crippen LogP contribution in [0.5, 0.6) is 0 Å². The summed E-state index contributed by atoms with van der Waals surface area (Å²) in [6, 6.07) is 0.325. The average Bonchev–Trinajstić information content (AvgIpc) is 2.26. The molecule has 2 unspecified atom stereocenters. The third kappa shape index (κ3) is 6.12. The van der Waals surface area contributed by atoms with Crippen molar-refractivity contribution in [3.05, 3.63) is 0 Å². The first-order valence-electron chi connectivity index (χ1n) is 6.44. The van der Waals surface area contributed by atoms with Crippen LogP contribution in [0.3, 0.4) is 0 Å². The van der Waals surface area contributed by atoms with Crippen LogP contribution in [0.4, 0.5) is 13.2 Å². The molecule has 6 heteroatoms. The molecule has 1 rings (SSSR count). The van der Waals surface area contributed by atoms with Crippen LogP contribution < -0.4 is 10.6 Å². The minimum atomic E-state index is -4.12. The van der Waals surface area contributed by atoms with Crippen LogP contribution in [0.15, 0.2) is 4.99 Å². The molecule has 0 aliphatic heterocycles. The van der Waals surface area contributed by atoms with Gasteiger partial charge in [-0.1, -0.05) is 19.8 Å². The summed E-state index contributed by atoms with van der Waals surface area (Å²) < 4.78 is 36.1. The maximum absolute atomic E-state index is 12.0. The van der Waals surface area contributed by atoms with Gasteiger partial charge in [0.1, 0.15) is 0 Å². The molecular formula is C12H22F3N3. The first-order chi connectivity index (χ1) is 8.40. The molecule has 2 N–H and O–H groups in total. The molecule has 2 atom stereocenters. The van der Waals surface area contributed by atoms with E-state index in [1.807, 2.05) is 0 Å². The molecule has 1 fully saturated rings. The van der Waals surface area contributed by atoms with Crippen molar-refractivity contribution in [2.45, 2.75) is 51.2 Å². The number of hydrogen-bond donors (Lipinski definition) is 2. The summed E-state index contributed by atoms with van der Waals surface area (Å²) in [4.78, 5) is 3.95. The van der Waals surface area contributed by atoms with E-state index in [9.17, 15) is 13.2 Å². The van der Waals surface area contributed by atoms with E-state index in [0.29, 0.717) is 17.9 Å². The van der Waals surface area contributed by atoms with Gasteiger partial charge in [-0.05, 0) is 18.8 Å². The number of rotatable bonds is 3. The number of nitrogens with one attached hydrogen (secondary N) is 2. The van der Waals surface area contributed by atoms with Gasteiger partial charge in [0.15, 0.2) is 5.96 Å². The smallest absolute Gasteiger partial charge is 0.356 e. The SMILES string of the molecule is CN=C(NCCC(F)(F)F)NC1CCCC(C)C1. The Bertz CT molecular complexity index is 276. The highest BCUT2D eigenvalue weighted by atomic mass is 19.4. The molecule has 0 heterocycles. The topological polar surface area (TPSA) is 36.4 Å². The molecule has 0 aromatic rings. The standard InChI is InChI=1S/C12H22F3N3/c1-9-4-3-5-10(8-9)18-11(16-2)17-7-6-12(13,14)15/h9-10H,3-8H2,1-2H3,(H2,16,17,18). The number of alkyl halides is 3. The van der Waals surface area contributed by atoms with Crippen LogP contribution in [0.1, 0.15) is 39.0 Å². The lowest BCUT2D eigenvalue weighted by atomic mass is 9.87. The molecule has 0 radical (unpaired) electrons. The normalized spacial score (nSPS) is 25.9. The predicted molar refractivity (Wildman–Crippen MR) is 66.6 cm³/mol. The monoisotopic (exact) mass is 265 g/mol. The van der Waals surface area contributed by atoms with Crippen molar-refractivity contribution in [3.63, 3.8) is 0 Å². The van der Waals surface area contributed by atoms with E-state index >= 15 is 0 Å².